The van der Waals surface area contributed by atoms with Gasteiger partial charge in [0.15, 0.2) is 0 Å². The lowest BCUT2D eigenvalue weighted by Crippen LogP contribution is -2.41. The van der Waals surface area contributed by atoms with Crippen molar-refractivity contribution in [1.82, 2.24) is 15.5 Å². The van der Waals surface area contributed by atoms with Crippen LogP contribution in [0, 0.1) is 0 Å². The van der Waals surface area contributed by atoms with Gasteiger partial charge in [-0.25, -0.2) is 0 Å². The van der Waals surface area contributed by atoms with Crippen LogP contribution in [0.25, 0.3) is 0 Å². The fourth-order valence-electron chi connectivity index (χ4n) is 2.53. The number of amides is 1. The van der Waals surface area contributed by atoms with Crippen LogP contribution in [0.15, 0.2) is 0 Å². The van der Waals surface area contributed by atoms with Gasteiger partial charge in [-0.15, -0.1) is 0 Å². The molecule has 0 saturated carbocycles. The largest absolute Gasteiger partial charge is 0.379 e. The fraction of sp³-hybridized carbons (Fsp3) is 0.923. The summed E-state index contributed by atoms with van der Waals surface area (Å²) in [6.07, 6.45) is 4.32. The van der Waals surface area contributed by atoms with E-state index in [2.05, 4.69) is 15.5 Å². The molecular weight excluding hydrogens is 230 g/mol. The van der Waals surface area contributed by atoms with Crippen LogP contribution in [0.2, 0.25) is 0 Å². The molecule has 2 fully saturated rings. The van der Waals surface area contributed by atoms with Gasteiger partial charge in [0.05, 0.1) is 19.3 Å². The first-order chi connectivity index (χ1) is 8.86. The monoisotopic (exact) mass is 255 g/mol. The number of unbranched alkanes of at least 4 members (excludes halogenated alkanes) is 1. The normalized spacial score (nSPS) is 25.2. The van der Waals surface area contributed by atoms with Gasteiger partial charge in [0.25, 0.3) is 0 Å². The number of carbonyl (C=O) groups is 1. The molecule has 104 valence electrons. The van der Waals surface area contributed by atoms with Crippen molar-refractivity contribution in [2.24, 2.45) is 0 Å². The van der Waals surface area contributed by atoms with Crippen LogP contribution in [0.3, 0.4) is 0 Å². The Hall–Kier alpha value is -0.650. The molecule has 1 amide bonds. The first-order valence-electron chi connectivity index (χ1n) is 7.17. The maximum atomic E-state index is 11.7. The fourth-order valence-corrected chi connectivity index (χ4v) is 2.53. The van der Waals surface area contributed by atoms with Crippen LogP contribution < -0.4 is 10.6 Å². The highest BCUT2D eigenvalue weighted by atomic mass is 16.5. The third kappa shape index (κ3) is 4.55. The molecule has 0 radical (unpaired) electrons. The number of nitrogens with one attached hydrogen (secondary N) is 2. The van der Waals surface area contributed by atoms with Crippen LogP contribution in [0.5, 0.6) is 0 Å². The van der Waals surface area contributed by atoms with Gasteiger partial charge in [0.2, 0.25) is 5.91 Å². The molecule has 0 aromatic carbocycles. The molecular formula is C13H25N3O2. The highest BCUT2D eigenvalue weighted by Crippen LogP contribution is 2.04. The zero-order chi connectivity index (χ0) is 12.6. The molecule has 0 aromatic heterocycles. The second-order valence-corrected chi connectivity index (χ2v) is 5.10. The average molecular weight is 255 g/mol. The Bertz CT molecular complexity index is 249. The maximum absolute atomic E-state index is 11.7. The van der Waals surface area contributed by atoms with Crippen LogP contribution >= 0.6 is 0 Å². The van der Waals surface area contributed by atoms with Crippen molar-refractivity contribution in [1.29, 1.82) is 0 Å². The van der Waals surface area contributed by atoms with Crippen LogP contribution in [0.4, 0.5) is 0 Å². The summed E-state index contributed by atoms with van der Waals surface area (Å²) >= 11 is 0. The molecule has 2 saturated heterocycles. The molecule has 2 heterocycles. The van der Waals surface area contributed by atoms with E-state index in [0.29, 0.717) is 0 Å². The van der Waals surface area contributed by atoms with Crippen molar-refractivity contribution in [2.45, 2.75) is 31.7 Å². The van der Waals surface area contributed by atoms with Crippen molar-refractivity contribution in [2.75, 3.05) is 45.9 Å². The van der Waals surface area contributed by atoms with Gasteiger partial charge in [-0.1, -0.05) is 0 Å². The van der Waals surface area contributed by atoms with E-state index < -0.39 is 0 Å². The van der Waals surface area contributed by atoms with Gasteiger partial charge in [-0.3, -0.25) is 9.69 Å². The molecule has 2 aliphatic heterocycles. The summed E-state index contributed by atoms with van der Waals surface area (Å²) in [5.74, 6) is 0.180. The lowest BCUT2D eigenvalue weighted by molar-refractivity contribution is -0.122. The predicted molar refractivity (Wildman–Crippen MR) is 70.5 cm³/mol. The minimum atomic E-state index is 0.0595. The van der Waals surface area contributed by atoms with Crippen molar-refractivity contribution >= 4 is 5.91 Å². The van der Waals surface area contributed by atoms with Crippen molar-refractivity contribution in [3.8, 4) is 0 Å². The number of nitrogens with zero attached hydrogens (tertiary/aromatic N) is 1. The topological polar surface area (TPSA) is 53.6 Å². The molecule has 2 rings (SSSR count). The molecule has 1 atom stereocenters. The Morgan fingerprint density at radius 2 is 2.17 bits per heavy atom. The summed E-state index contributed by atoms with van der Waals surface area (Å²) in [4.78, 5) is 14.1. The number of hydrogen-bond acceptors (Lipinski definition) is 4. The van der Waals surface area contributed by atoms with Crippen LogP contribution in [-0.4, -0.2) is 62.8 Å². The van der Waals surface area contributed by atoms with Crippen molar-refractivity contribution in [3.05, 3.63) is 0 Å². The Morgan fingerprint density at radius 1 is 1.33 bits per heavy atom. The molecule has 5 nitrogen and oxygen atoms in total. The molecule has 1 unspecified atom stereocenters. The second-order valence-electron chi connectivity index (χ2n) is 5.10. The van der Waals surface area contributed by atoms with E-state index in [1.54, 1.807) is 0 Å². The van der Waals surface area contributed by atoms with Gasteiger partial charge < -0.3 is 15.4 Å². The van der Waals surface area contributed by atoms with E-state index in [0.717, 1.165) is 71.6 Å². The minimum Gasteiger partial charge on any atom is -0.379 e. The first-order valence-corrected chi connectivity index (χ1v) is 7.17. The van der Waals surface area contributed by atoms with Gasteiger partial charge in [0, 0.05) is 19.6 Å². The summed E-state index contributed by atoms with van der Waals surface area (Å²) in [5.41, 5.74) is 0. The van der Waals surface area contributed by atoms with Gasteiger partial charge in [-0.2, -0.15) is 0 Å². The summed E-state index contributed by atoms with van der Waals surface area (Å²) in [6.45, 7) is 6.75. The Morgan fingerprint density at radius 3 is 2.89 bits per heavy atom. The molecule has 5 heteroatoms. The van der Waals surface area contributed by atoms with E-state index in [1.807, 2.05) is 0 Å². The lowest BCUT2D eigenvalue weighted by atomic mass is 10.2. The number of rotatable bonds is 6. The van der Waals surface area contributed by atoms with Gasteiger partial charge in [-0.05, 0) is 38.8 Å². The molecule has 0 bridgehead atoms. The number of carbonyl (C=O) groups excluding carboxylic acids is 1. The van der Waals surface area contributed by atoms with E-state index in [9.17, 15) is 4.79 Å². The zero-order valence-electron chi connectivity index (χ0n) is 11.1. The quantitative estimate of drug-likeness (QED) is 0.654. The first kappa shape index (κ1) is 13.8. The number of hydrogen-bond donors (Lipinski definition) is 2. The van der Waals surface area contributed by atoms with Gasteiger partial charge in [0.1, 0.15) is 0 Å². The van der Waals surface area contributed by atoms with Crippen molar-refractivity contribution in [3.63, 3.8) is 0 Å². The second kappa shape index (κ2) is 7.71. The Balaban J connectivity index is 1.46. The third-order valence-electron chi connectivity index (χ3n) is 3.68. The molecule has 0 spiro atoms. The number of ether oxygens (including phenoxy) is 1. The smallest absolute Gasteiger partial charge is 0.237 e. The standard InChI is InChI=1S/C13H25N3O2/c17-13(12-4-3-6-14-12)15-5-1-2-7-16-8-10-18-11-9-16/h12,14H,1-11H2,(H,15,17). The predicted octanol–water partition coefficient (Wildman–Crippen LogP) is -0.0330. The zero-order valence-corrected chi connectivity index (χ0v) is 11.1. The van der Waals surface area contributed by atoms with E-state index >= 15 is 0 Å². The maximum Gasteiger partial charge on any atom is 0.237 e. The lowest BCUT2D eigenvalue weighted by Gasteiger charge is -2.26. The van der Waals surface area contributed by atoms with Crippen molar-refractivity contribution < 1.29 is 9.53 Å². The molecule has 18 heavy (non-hydrogen) atoms. The van der Waals surface area contributed by atoms with Crippen LogP contribution in [0.1, 0.15) is 25.7 Å². The summed E-state index contributed by atoms with van der Waals surface area (Å²) in [5, 5.41) is 6.23. The molecule has 0 aliphatic carbocycles. The SMILES string of the molecule is O=C(NCCCCN1CCOCC1)C1CCCN1. The summed E-state index contributed by atoms with van der Waals surface area (Å²) < 4.78 is 5.31. The Labute approximate surface area is 109 Å². The highest BCUT2D eigenvalue weighted by molar-refractivity contribution is 5.81. The van der Waals surface area contributed by atoms with E-state index in [4.69, 9.17) is 4.74 Å². The molecule has 0 aromatic rings. The van der Waals surface area contributed by atoms with E-state index in [-0.39, 0.29) is 11.9 Å². The Kier molecular flexibility index (Phi) is 5.90. The van der Waals surface area contributed by atoms with Crippen LogP contribution in [-0.2, 0) is 9.53 Å². The highest BCUT2D eigenvalue weighted by Gasteiger charge is 2.21. The number of morpholine rings is 1. The average Bonchev–Trinajstić information content (AvgIpc) is 2.93. The minimum absolute atomic E-state index is 0.0595. The summed E-state index contributed by atoms with van der Waals surface area (Å²) in [7, 11) is 0. The molecule has 2 N–H and O–H groups in total. The molecule has 2 aliphatic rings. The van der Waals surface area contributed by atoms with E-state index in [1.165, 1.54) is 0 Å². The summed E-state index contributed by atoms with van der Waals surface area (Å²) in [6, 6.07) is 0.0595. The van der Waals surface area contributed by atoms with Gasteiger partial charge >= 0.3 is 0 Å². The third-order valence-corrected chi connectivity index (χ3v) is 3.68.